The molecule has 0 atom stereocenters. The van der Waals surface area contributed by atoms with E-state index in [2.05, 4.69) is 4.98 Å². The molecule has 2 rings (SSSR count). The number of phosphoric acid groups is 1. The minimum atomic E-state index is -4.33. The van der Waals surface area contributed by atoms with Gasteiger partial charge in [-0.25, -0.2) is 13.6 Å². The predicted octanol–water partition coefficient (Wildman–Crippen LogP) is 4.11. The molecular weight excluding hydrogens is 451 g/mol. The van der Waals surface area contributed by atoms with Gasteiger partial charge in [0.25, 0.3) is 0 Å². The van der Waals surface area contributed by atoms with E-state index in [1.54, 1.807) is 39.8 Å². The molecule has 1 N–H and O–H groups in total. The van der Waals surface area contributed by atoms with Gasteiger partial charge in [0.1, 0.15) is 5.75 Å². The first-order chi connectivity index (χ1) is 15.5. The highest BCUT2D eigenvalue weighted by Gasteiger charge is 2.32. The molecule has 0 radical (unpaired) electrons. The van der Waals surface area contributed by atoms with Crippen molar-refractivity contribution in [2.75, 3.05) is 34.2 Å². The Morgan fingerprint density at radius 3 is 2.09 bits per heavy atom. The van der Waals surface area contributed by atoms with E-state index in [1.165, 1.54) is 0 Å². The van der Waals surface area contributed by atoms with Crippen LogP contribution in [0.5, 0.6) is 5.75 Å². The summed E-state index contributed by atoms with van der Waals surface area (Å²) >= 11 is 0. The number of ether oxygens (including phenoxy) is 2. The van der Waals surface area contributed by atoms with Crippen molar-refractivity contribution in [2.24, 2.45) is 11.8 Å². The number of carbonyl (C=O) groups is 2. The molecule has 0 saturated heterocycles. The number of aromatic nitrogens is 1. The number of carbonyl (C=O) groups excluding carboxylic acids is 2. The number of nitrogens with one attached hydrogen (secondary N) is 1. The van der Waals surface area contributed by atoms with Crippen LogP contribution < -0.4 is 4.52 Å². The molecule has 0 bridgehead atoms. The van der Waals surface area contributed by atoms with Crippen molar-refractivity contribution in [1.29, 1.82) is 0 Å². The Balaban J connectivity index is 2.24. The van der Waals surface area contributed by atoms with Gasteiger partial charge < -0.3 is 23.9 Å². The molecular formula is C22H33N2O8P. The Morgan fingerprint density at radius 1 is 1.00 bits per heavy atom. The highest BCUT2D eigenvalue weighted by atomic mass is 31.2. The molecule has 0 saturated carbocycles. The fourth-order valence-electron chi connectivity index (χ4n) is 2.68. The lowest BCUT2D eigenvalue weighted by Gasteiger charge is -2.20. The Kier molecular flexibility index (Phi) is 9.91. The largest absolute Gasteiger partial charge is 0.535 e. The fraction of sp³-hybridized carbons (Fsp3) is 0.545. The highest BCUT2D eigenvalue weighted by Crippen LogP contribution is 2.51. The number of rotatable bonds is 13. The Bertz CT molecular complexity index is 956. The summed E-state index contributed by atoms with van der Waals surface area (Å²) in [6.45, 7) is 6.11. The zero-order valence-electron chi connectivity index (χ0n) is 20.0. The van der Waals surface area contributed by atoms with Gasteiger partial charge >= 0.3 is 19.8 Å². The fourth-order valence-corrected chi connectivity index (χ4v) is 3.62. The van der Waals surface area contributed by atoms with Crippen molar-refractivity contribution in [3.63, 3.8) is 0 Å². The predicted molar refractivity (Wildman–Crippen MR) is 123 cm³/mol. The van der Waals surface area contributed by atoms with E-state index in [4.69, 9.17) is 23.0 Å². The maximum Gasteiger partial charge on any atom is 0.535 e. The number of aromatic amines is 1. The van der Waals surface area contributed by atoms with Crippen LogP contribution >= 0.6 is 7.82 Å². The monoisotopic (exact) mass is 484 g/mol. The molecule has 0 aliphatic rings. The molecule has 33 heavy (non-hydrogen) atoms. The lowest BCUT2D eigenvalue weighted by Crippen LogP contribution is -2.17. The molecule has 0 aliphatic carbocycles. The normalized spacial score (nSPS) is 12.0. The van der Waals surface area contributed by atoms with Crippen LogP contribution in [0.4, 0.5) is 0 Å². The topological polar surface area (TPSA) is 116 Å². The standard InChI is InChI=1S/C22H33N2O8P/c1-15(2)21(25)28-13-30-33(27,31-14-29-22(26)16(3)4)32-19-9-7-8-18-20(19)17(12-23-18)10-11-24(5)6/h7-9,12,15-16,23H,10-11,13-14H2,1-6H3. The van der Waals surface area contributed by atoms with E-state index in [0.29, 0.717) is 0 Å². The van der Waals surface area contributed by atoms with Gasteiger partial charge in [0.2, 0.25) is 13.6 Å². The number of fused-ring (bicyclic) bond motifs is 1. The molecule has 0 spiro atoms. The zero-order chi connectivity index (χ0) is 24.6. The van der Waals surface area contributed by atoms with Crippen LogP contribution in [0.3, 0.4) is 0 Å². The van der Waals surface area contributed by atoms with E-state index in [9.17, 15) is 14.2 Å². The number of nitrogens with zero attached hydrogens (tertiary/aromatic N) is 1. The summed E-state index contributed by atoms with van der Waals surface area (Å²) in [4.78, 5) is 28.7. The summed E-state index contributed by atoms with van der Waals surface area (Å²) < 4.78 is 39.4. The number of hydrogen-bond donors (Lipinski definition) is 1. The van der Waals surface area contributed by atoms with E-state index >= 15 is 0 Å². The van der Waals surface area contributed by atoms with Crippen molar-refractivity contribution in [1.82, 2.24) is 9.88 Å². The van der Waals surface area contributed by atoms with Crippen molar-refractivity contribution in [2.45, 2.75) is 34.1 Å². The van der Waals surface area contributed by atoms with E-state index < -0.39 is 45.2 Å². The molecule has 1 heterocycles. The number of H-pyrrole nitrogens is 1. The van der Waals surface area contributed by atoms with E-state index in [0.717, 1.165) is 29.4 Å². The smallest absolute Gasteiger partial charge is 0.438 e. The van der Waals surface area contributed by atoms with E-state index in [-0.39, 0.29) is 5.75 Å². The van der Waals surface area contributed by atoms with Gasteiger partial charge in [-0.05, 0) is 38.2 Å². The van der Waals surface area contributed by atoms with Crippen LogP contribution in [0, 0.1) is 11.8 Å². The average Bonchev–Trinajstić information content (AvgIpc) is 3.16. The SMILES string of the molecule is CC(C)C(=O)OCOP(=O)(OCOC(=O)C(C)C)Oc1cccc2[nH]cc(CCN(C)C)c12. The molecule has 2 aromatic rings. The van der Waals surface area contributed by atoms with Gasteiger partial charge in [0.15, 0.2) is 0 Å². The minimum Gasteiger partial charge on any atom is -0.438 e. The molecule has 0 amide bonds. The minimum absolute atomic E-state index is 0.260. The quantitative estimate of drug-likeness (QED) is 0.255. The third kappa shape index (κ3) is 8.16. The number of benzene rings is 1. The summed E-state index contributed by atoms with van der Waals surface area (Å²) in [7, 11) is -0.388. The first-order valence-electron chi connectivity index (χ1n) is 10.7. The van der Waals surface area contributed by atoms with Crippen molar-refractivity contribution in [3.05, 3.63) is 30.0 Å². The summed E-state index contributed by atoms with van der Waals surface area (Å²) in [5, 5.41) is 0.727. The molecule has 1 aromatic carbocycles. The maximum atomic E-state index is 13.4. The second-order valence-electron chi connectivity index (χ2n) is 8.31. The van der Waals surface area contributed by atoms with Gasteiger partial charge in [-0.15, -0.1) is 0 Å². The number of phosphoric ester groups is 1. The summed E-state index contributed by atoms with van der Waals surface area (Å²) in [5.74, 6) is -1.60. The third-order valence-corrected chi connectivity index (χ3v) is 5.82. The lowest BCUT2D eigenvalue weighted by atomic mass is 10.1. The first kappa shape index (κ1) is 26.9. The summed E-state index contributed by atoms with van der Waals surface area (Å²) in [5.41, 5.74) is 1.74. The van der Waals surface area contributed by atoms with Crippen molar-refractivity contribution >= 4 is 30.7 Å². The molecule has 1 aromatic heterocycles. The maximum absolute atomic E-state index is 13.4. The second kappa shape index (κ2) is 12.2. The number of hydrogen-bond acceptors (Lipinski definition) is 9. The molecule has 0 unspecified atom stereocenters. The average molecular weight is 484 g/mol. The summed E-state index contributed by atoms with van der Waals surface area (Å²) in [6, 6.07) is 5.23. The third-order valence-electron chi connectivity index (χ3n) is 4.55. The highest BCUT2D eigenvalue weighted by molar-refractivity contribution is 7.48. The lowest BCUT2D eigenvalue weighted by molar-refractivity contribution is -0.157. The van der Waals surface area contributed by atoms with Crippen LogP contribution in [0.2, 0.25) is 0 Å². The van der Waals surface area contributed by atoms with Gasteiger partial charge in [0.05, 0.1) is 11.8 Å². The Hall–Kier alpha value is -2.39. The van der Waals surface area contributed by atoms with Gasteiger partial charge in [-0.2, -0.15) is 0 Å². The number of likely N-dealkylation sites (N-methyl/N-ethyl adjacent to an activating group) is 1. The van der Waals surface area contributed by atoms with Crippen LogP contribution in [0.1, 0.15) is 33.3 Å². The second-order valence-corrected chi connectivity index (χ2v) is 9.91. The Morgan fingerprint density at radius 2 is 1.58 bits per heavy atom. The molecule has 0 fully saturated rings. The van der Waals surface area contributed by atoms with Gasteiger partial charge in [-0.1, -0.05) is 33.8 Å². The van der Waals surface area contributed by atoms with Crippen molar-refractivity contribution < 1.29 is 37.2 Å². The van der Waals surface area contributed by atoms with Crippen LogP contribution in [0.15, 0.2) is 24.4 Å². The van der Waals surface area contributed by atoms with Gasteiger partial charge in [-0.3, -0.25) is 9.59 Å². The zero-order valence-corrected chi connectivity index (χ0v) is 20.8. The Labute approximate surface area is 194 Å². The first-order valence-corrected chi connectivity index (χ1v) is 12.1. The molecule has 10 nitrogen and oxygen atoms in total. The van der Waals surface area contributed by atoms with E-state index in [1.807, 2.05) is 31.3 Å². The van der Waals surface area contributed by atoms with Crippen LogP contribution in [0.25, 0.3) is 10.9 Å². The molecule has 184 valence electrons. The summed E-state index contributed by atoms with van der Waals surface area (Å²) in [6.07, 6.45) is 2.58. The van der Waals surface area contributed by atoms with Gasteiger partial charge in [0, 0.05) is 23.6 Å². The van der Waals surface area contributed by atoms with Crippen molar-refractivity contribution in [3.8, 4) is 5.75 Å². The van der Waals surface area contributed by atoms with Crippen LogP contribution in [-0.2, 0) is 39.1 Å². The molecule has 11 heteroatoms. The number of esters is 2. The van der Waals surface area contributed by atoms with Crippen LogP contribution in [-0.4, -0.2) is 56.0 Å². The molecule has 0 aliphatic heterocycles.